The van der Waals surface area contributed by atoms with Crippen LogP contribution in [0.1, 0.15) is 21.9 Å². The van der Waals surface area contributed by atoms with Gasteiger partial charge in [0, 0.05) is 10.5 Å². The Morgan fingerprint density at radius 3 is 2.91 bits per heavy atom. The molecule has 0 unspecified atom stereocenters. The van der Waals surface area contributed by atoms with Crippen molar-refractivity contribution in [1.82, 2.24) is 9.78 Å². The number of nitrogens with one attached hydrogen (secondary N) is 1. The van der Waals surface area contributed by atoms with E-state index in [2.05, 4.69) is 26.3 Å². The number of anilines is 1. The Hall–Kier alpha value is -2.34. The zero-order valence-corrected chi connectivity index (χ0v) is 13.5. The monoisotopic (exact) mass is 359 g/mol. The number of aryl methyl sites for hydroxylation is 1. The highest BCUT2D eigenvalue weighted by atomic mass is 79.9. The molecule has 0 spiro atoms. The number of benzene rings is 1. The quantitative estimate of drug-likeness (QED) is 0.769. The zero-order valence-electron chi connectivity index (χ0n) is 11.9. The van der Waals surface area contributed by atoms with E-state index in [-0.39, 0.29) is 11.7 Å². The molecule has 2 aromatic heterocycles. The second kappa shape index (κ2) is 6.19. The highest BCUT2D eigenvalue weighted by Gasteiger charge is 2.13. The molecule has 22 heavy (non-hydrogen) atoms. The van der Waals surface area contributed by atoms with Gasteiger partial charge in [-0.25, -0.2) is 4.68 Å². The molecular weight excluding hydrogens is 346 g/mol. The summed E-state index contributed by atoms with van der Waals surface area (Å²) in [6.07, 6.45) is 1.65. The van der Waals surface area contributed by atoms with Crippen LogP contribution in [-0.2, 0) is 6.54 Å². The largest absolute Gasteiger partial charge is 0.456 e. The summed E-state index contributed by atoms with van der Waals surface area (Å²) in [5.74, 6) is 1.32. The van der Waals surface area contributed by atoms with Gasteiger partial charge in [0.05, 0.1) is 12.7 Å². The van der Waals surface area contributed by atoms with E-state index < -0.39 is 0 Å². The van der Waals surface area contributed by atoms with Crippen LogP contribution in [0.15, 0.2) is 57.6 Å². The Morgan fingerprint density at radius 1 is 1.32 bits per heavy atom. The van der Waals surface area contributed by atoms with Crippen LogP contribution in [0.2, 0.25) is 0 Å². The maximum atomic E-state index is 12.1. The normalized spacial score (nSPS) is 10.6. The number of rotatable bonds is 4. The van der Waals surface area contributed by atoms with Crippen LogP contribution in [0.3, 0.4) is 0 Å². The van der Waals surface area contributed by atoms with Gasteiger partial charge >= 0.3 is 0 Å². The van der Waals surface area contributed by atoms with Crippen molar-refractivity contribution >= 4 is 27.7 Å². The summed E-state index contributed by atoms with van der Waals surface area (Å²) in [4.78, 5) is 12.1. The number of nitrogens with zero attached hydrogens (tertiary/aromatic N) is 2. The van der Waals surface area contributed by atoms with E-state index in [0.29, 0.717) is 18.1 Å². The number of halogens is 1. The fourth-order valence-electron chi connectivity index (χ4n) is 2.11. The Bertz CT molecular complexity index is 807. The van der Waals surface area contributed by atoms with Crippen LogP contribution < -0.4 is 5.32 Å². The molecule has 1 N–H and O–H groups in total. The minimum atomic E-state index is -0.288. The molecule has 0 saturated heterocycles. The Balaban J connectivity index is 1.76. The summed E-state index contributed by atoms with van der Waals surface area (Å²) in [6.45, 7) is 2.37. The van der Waals surface area contributed by atoms with E-state index >= 15 is 0 Å². The van der Waals surface area contributed by atoms with Crippen LogP contribution in [0.25, 0.3) is 0 Å². The summed E-state index contributed by atoms with van der Waals surface area (Å²) in [5.41, 5.74) is 1.09. The summed E-state index contributed by atoms with van der Waals surface area (Å²) in [6, 6.07) is 13.1. The number of furan rings is 1. The highest BCUT2D eigenvalue weighted by molar-refractivity contribution is 9.10. The SMILES string of the molecule is Cc1ccc(C(=O)Nc2ccnn2Cc2cccc(Br)c2)o1. The minimum absolute atomic E-state index is 0.285. The predicted octanol–water partition coefficient (Wildman–Crippen LogP) is 3.85. The van der Waals surface area contributed by atoms with Crippen molar-refractivity contribution in [2.45, 2.75) is 13.5 Å². The van der Waals surface area contributed by atoms with Gasteiger partial charge in [-0.1, -0.05) is 28.1 Å². The fourth-order valence-corrected chi connectivity index (χ4v) is 2.55. The van der Waals surface area contributed by atoms with Gasteiger partial charge in [0.15, 0.2) is 5.76 Å². The van der Waals surface area contributed by atoms with E-state index in [1.165, 1.54) is 0 Å². The van der Waals surface area contributed by atoms with Gasteiger partial charge in [-0.15, -0.1) is 0 Å². The number of aromatic nitrogens is 2. The van der Waals surface area contributed by atoms with E-state index in [1.807, 2.05) is 24.3 Å². The van der Waals surface area contributed by atoms with Crippen molar-refractivity contribution in [1.29, 1.82) is 0 Å². The van der Waals surface area contributed by atoms with Gasteiger partial charge in [0.2, 0.25) is 0 Å². The average molecular weight is 360 g/mol. The zero-order chi connectivity index (χ0) is 15.5. The lowest BCUT2D eigenvalue weighted by Gasteiger charge is -2.08. The third-order valence-corrected chi connectivity index (χ3v) is 3.64. The van der Waals surface area contributed by atoms with Gasteiger partial charge in [-0.2, -0.15) is 5.10 Å². The summed E-state index contributed by atoms with van der Waals surface area (Å²) in [5, 5.41) is 7.06. The second-order valence-corrected chi connectivity index (χ2v) is 5.78. The third kappa shape index (κ3) is 3.28. The number of amides is 1. The summed E-state index contributed by atoms with van der Waals surface area (Å²) >= 11 is 3.45. The molecule has 0 aliphatic heterocycles. The first kappa shape index (κ1) is 14.6. The number of carbonyl (C=O) groups is 1. The first-order chi connectivity index (χ1) is 10.6. The van der Waals surface area contributed by atoms with Crippen LogP contribution in [0.5, 0.6) is 0 Å². The molecule has 6 heteroatoms. The van der Waals surface area contributed by atoms with Crippen molar-refractivity contribution in [3.05, 3.63) is 70.2 Å². The maximum absolute atomic E-state index is 12.1. The molecule has 2 heterocycles. The van der Waals surface area contributed by atoms with Gasteiger partial charge in [0.25, 0.3) is 5.91 Å². The number of hydrogen-bond acceptors (Lipinski definition) is 3. The Kier molecular flexibility index (Phi) is 4.11. The molecule has 0 atom stereocenters. The lowest BCUT2D eigenvalue weighted by molar-refractivity contribution is 0.0994. The maximum Gasteiger partial charge on any atom is 0.292 e. The van der Waals surface area contributed by atoms with Crippen molar-refractivity contribution in [2.75, 3.05) is 5.32 Å². The molecule has 0 aliphatic rings. The average Bonchev–Trinajstić information content (AvgIpc) is 3.09. The van der Waals surface area contributed by atoms with E-state index in [0.717, 1.165) is 10.0 Å². The van der Waals surface area contributed by atoms with Crippen LogP contribution in [-0.4, -0.2) is 15.7 Å². The summed E-state index contributed by atoms with van der Waals surface area (Å²) < 4.78 is 8.06. The molecule has 0 aliphatic carbocycles. The molecule has 1 amide bonds. The lowest BCUT2D eigenvalue weighted by Crippen LogP contribution is -2.15. The standard InChI is InChI=1S/C16H14BrN3O2/c1-11-5-6-14(22-11)16(21)19-15-7-8-18-20(15)10-12-3-2-4-13(17)9-12/h2-9H,10H2,1H3,(H,19,21). The number of carbonyl (C=O) groups excluding carboxylic acids is 1. The van der Waals surface area contributed by atoms with E-state index in [9.17, 15) is 4.79 Å². The Labute approximate surface area is 136 Å². The van der Waals surface area contributed by atoms with Gasteiger partial charge in [-0.05, 0) is 36.8 Å². The van der Waals surface area contributed by atoms with Crippen molar-refractivity contribution in [3.63, 3.8) is 0 Å². The smallest absolute Gasteiger partial charge is 0.292 e. The van der Waals surface area contributed by atoms with Crippen LogP contribution in [0, 0.1) is 6.92 Å². The second-order valence-electron chi connectivity index (χ2n) is 4.87. The minimum Gasteiger partial charge on any atom is -0.456 e. The summed E-state index contributed by atoms with van der Waals surface area (Å²) in [7, 11) is 0. The lowest BCUT2D eigenvalue weighted by atomic mass is 10.2. The Morgan fingerprint density at radius 2 is 2.18 bits per heavy atom. The first-order valence-corrected chi connectivity index (χ1v) is 7.55. The molecule has 0 saturated carbocycles. The predicted molar refractivity (Wildman–Crippen MR) is 86.9 cm³/mol. The third-order valence-electron chi connectivity index (χ3n) is 3.14. The molecule has 1 aromatic carbocycles. The highest BCUT2D eigenvalue weighted by Crippen LogP contribution is 2.16. The van der Waals surface area contributed by atoms with Gasteiger partial charge in [0.1, 0.15) is 11.6 Å². The molecular formula is C16H14BrN3O2. The van der Waals surface area contributed by atoms with Crippen LogP contribution in [0.4, 0.5) is 5.82 Å². The first-order valence-electron chi connectivity index (χ1n) is 6.76. The number of hydrogen-bond donors (Lipinski definition) is 1. The van der Waals surface area contributed by atoms with Crippen LogP contribution >= 0.6 is 15.9 Å². The molecule has 0 radical (unpaired) electrons. The van der Waals surface area contributed by atoms with Crippen molar-refractivity contribution in [3.8, 4) is 0 Å². The molecule has 0 bridgehead atoms. The molecule has 5 nitrogen and oxygen atoms in total. The molecule has 3 rings (SSSR count). The molecule has 112 valence electrons. The van der Waals surface area contributed by atoms with E-state index in [4.69, 9.17) is 4.42 Å². The van der Waals surface area contributed by atoms with Crippen molar-refractivity contribution < 1.29 is 9.21 Å². The van der Waals surface area contributed by atoms with Gasteiger partial charge < -0.3 is 9.73 Å². The van der Waals surface area contributed by atoms with E-state index in [1.54, 1.807) is 36.0 Å². The molecule has 3 aromatic rings. The molecule has 0 fully saturated rings. The van der Waals surface area contributed by atoms with Crippen molar-refractivity contribution in [2.24, 2.45) is 0 Å². The van der Waals surface area contributed by atoms with Gasteiger partial charge in [-0.3, -0.25) is 4.79 Å². The topological polar surface area (TPSA) is 60.1 Å². The fraction of sp³-hybridized carbons (Fsp3) is 0.125.